The molecule has 0 aromatic heterocycles. The monoisotopic (exact) mass is 233 g/mol. The highest BCUT2D eigenvalue weighted by atomic mass is 16.4. The Morgan fingerprint density at radius 2 is 2.18 bits per heavy atom. The standard InChI is InChI=1S/C14H19NO2/c1-15-8-3-6-11(7-9-15)12-4-2-5-13(10-12)14(16)17/h2,4-5,10-11H,3,6-9H2,1H3,(H,16,17). The Kier molecular flexibility index (Phi) is 3.79. The van der Waals surface area contributed by atoms with Crippen LogP contribution < -0.4 is 0 Å². The topological polar surface area (TPSA) is 40.5 Å². The maximum atomic E-state index is 10.9. The van der Waals surface area contributed by atoms with Gasteiger partial charge in [0.05, 0.1) is 5.56 Å². The molecule has 1 aliphatic heterocycles. The molecule has 1 fully saturated rings. The third-order valence-corrected chi connectivity index (χ3v) is 3.56. The minimum absolute atomic E-state index is 0.403. The van der Waals surface area contributed by atoms with E-state index in [2.05, 4.69) is 18.0 Å². The Morgan fingerprint density at radius 3 is 2.94 bits per heavy atom. The van der Waals surface area contributed by atoms with Crippen LogP contribution in [0.4, 0.5) is 0 Å². The number of carboxylic acids is 1. The lowest BCUT2D eigenvalue weighted by Gasteiger charge is -2.15. The van der Waals surface area contributed by atoms with Crippen molar-refractivity contribution in [2.75, 3.05) is 20.1 Å². The normalized spacial score (nSPS) is 22.1. The number of rotatable bonds is 2. The van der Waals surface area contributed by atoms with Crippen molar-refractivity contribution in [3.8, 4) is 0 Å². The first-order chi connectivity index (χ1) is 8.16. The van der Waals surface area contributed by atoms with Crippen LogP contribution in [-0.4, -0.2) is 36.1 Å². The van der Waals surface area contributed by atoms with Gasteiger partial charge in [-0.05, 0) is 63.0 Å². The van der Waals surface area contributed by atoms with Crippen LogP contribution in [0.2, 0.25) is 0 Å². The Morgan fingerprint density at radius 1 is 1.35 bits per heavy atom. The van der Waals surface area contributed by atoms with Crippen molar-refractivity contribution in [2.45, 2.75) is 25.2 Å². The van der Waals surface area contributed by atoms with Crippen LogP contribution in [0.1, 0.15) is 41.1 Å². The van der Waals surface area contributed by atoms with E-state index in [1.54, 1.807) is 6.07 Å². The molecule has 0 radical (unpaired) electrons. The Labute approximate surface area is 102 Å². The van der Waals surface area contributed by atoms with E-state index < -0.39 is 5.97 Å². The van der Waals surface area contributed by atoms with Gasteiger partial charge in [0.25, 0.3) is 0 Å². The molecule has 92 valence electrons. The predicted molar refractivity (Wildman–Crippen MR) is 67.5 cm³/mol. The molecule has 2 rings (SSSR count). The van der Waals surface area contributed by atoms with E-state index in [9.17, 15) is 4.79 Å². The molecule has 1 atom stereocenters. The van der Waals surface area contributed by atoms with Crippen LogP contribution in [0.25, 0.3) is 0 Å². The summed E-state index contributed by atoms with van der Waals surface area (Å²) in [4.78, 5) is 13.3. The summed E-state index contributed by atoms with van der Waals surface area (Å²) in [5.74, 6) is -0.322. The molecule has 1 N–H and O–H groups in total. The summed E-state index contributed by atoms with van der Waals surface area (Å²) in [5, 5.41) is 9.00. The minimum atomic E-state index is -0.836. The second kappa shape index (κ2) is 5.32. The van der Waals surface area contributed by atoms with Gasteiger partial charge in [0, 0.05) is 0 Å². The fraction of sp³-hybridized carbons (Fsp3) is 0.500. The van der Waals surface area contributed by atoms with E-state index in [0.717, 1.165) is 25.9 Å². The second-order valence-corrected chi connectivity index (χ2v) is 4.86. The molecule has 1 aliphatic rings. The Balaban J connectivity index is 2.15. The van der Waals surface area contributed by atoms with Crippen molar-refractivity contribution in [1.29, 1.82) is 0 Å². The molecule has 3 nitrogen and oxygen atoms in total. The predicted octanol–water partition coefficient (Wildman–Crippen LogP) is 2.58. The van der Waals surface area contributed by atoms with Crippen LogP contribution in [0, 0.1) is 0 Å². The van der Waals surface area contributed by atoms with Gasteiger partial charge >= 0.3 is 5.97 Å². The van der Waals surface area contributed by atoms with Crippen molar-refractivity contribution in [2.24, 2.45) is 0 Å². The smallest absolute Gasteiger partial charge is 0.335 e. The first kappa shape index (κ1) is 12.1. The summed E-state index contributed by atoms with van der Waals surface area (Å²) in [6, 6.07) is 7.41. The average Bonchev–Trinajstić information content (AvgIpc) is 2.54. The van der Waals surface area contributed by atoms with Crippen LogP contribution >= 0.6 is 0 Å². The minimum Gasteiger partial charge on any atom is -0.478 e. The zero-order valence-corrected chi connectivity index (χ0v) is 10.2. The summed E-state index contributed by atoms with van der Waals surface area (Å²) in [7, 11) is 2.15. The number of hydrogen-bond acceptors (Lipinski definition) is 2. The molecule has 3 heteroatoms. The van der Waals surface area contributed by atoms with Crippen molar-refractivity contribution >= 4 is 5.97 Å². The molecule has 1 heterocycles. The highest BCUT2D eigenvalue weighted by Gasteiger charge is 2.17. The Bertz CT molecular complexity index is 403. The number of hydrogen-bond donors (Lipinski definition) is 1. The van der Waals surface area contributed by atoms with Gasteiger partial charge in [0.2, 0.25) is 0 Å². The molecule has 0 bridgehead atoms. The summed E-state index contributed by atoms with van der Waals surface area (Å²) in [6.07, 6.45) is 3.48. The van der Waals surface area contributed by atoms with E-state index in [4.69, 9.17) is 5.11 Å². The summed E-state index contributed by atoms with van der Waals surface area (Å²) < 4.78 is 0. The highest BCUT2D eigenvalue weighted by Crippen LogP contribution is 2.28. The number of likely N-dealkylation sites (tertiary alicyclic amines) is 1. The third-order valence-electron chi connectivity index (χ3n) is 3.56. The molecular weight excluding hydrogens is 214 g/mol. The summed E-state index contributed by atoms with van der Waals surface area (Å²) in [6.45, 7) is 2.25. The number of aromatic carboxylic acids is 1. The number of benzene rings is 1. The molecular formula is C14H19NO2. The quantitative estimate of drug-likeness (QED) is 0.853. The molecule has 1 aromatic rings. The number of carboxylic acid groups (broad SMARTS) is 1. The van der Waals surface area contributed by atoms with Crippen LogP contribution in [-0.2, 0) is 0 Å². The van der Waals surface area contributed by atoms with Gasteiger partial charge in [-0.25, -0.2) is 4.79 Å². The maximum Gasteiger partial charge on any atom is 0.335 e. The van der Waals surface area contributed by atoms with E-state index >= 15 is 0 Å². The molecule has 1 unspecified atom stereocenters. The molecule has 0 amide bonds. The van der Waals surface area contributed by atoms with Gasteiger partial charge < -0.3 is 10.0 Å². The zero-order chi connectivity index (χ0) is 12.3. The maximum absolute atomic E-state index is 10.9. The molecule has 0 saturated carbocycles. The van der Waals surface area contributed by atoms with E-state index in [1.807, 2.05) is 12.1 Å². The molecule has 1 saturated heterocycles. The van der Waals surface area contributed by atoms with E-state index in [-0.39, 0.29) is 0 Å². The van der Waals surface area contributed by atoms with Gasteiger partial charge in [0.15, 0.2) is 0 Å². The first-order valence-electron chi connectivity index (χ1n) is 6.18. The summed E-state index contributed by atoms with van der Waals surface area (Å²) in [5.41, 5.74) is 1.58. The van der Waals surface area contributed by atoms with Gasteiger partial charge in [-0.3, -0.25) is 0 Å². The van der Waals surface area contributed by atoms with Gasteiger partial charge in [0.1, 0.15) is 0 Å². The molecule has 1 aromatic carbocycles. The van der Waals surface area contributed by atoms with Crippen LogP contribution in [0.3, 0.4) is 0 Å². The SMILES string of the molecule is CN1CCCC(c2cccc(C(=O)O)c2)CC1. The summed E-state index contributed by atoms with van der Waals surface area (Å²) >= 11 is 0. The highest BCUT2D eigenvalue weighted by molar-refractivity contribution is 5.87. The second-order valence-electron chi connectivity index (χ2n) is 4.86. The van der Waals surface area contributed by atoms with Crippen LogP contribution in [0.15, 0.2) is 24.3 Å². The lowest BCUT2D eigenvalue weighted by Crippen LogP contribution is -2.18. The largest absolute Gasteiger partial charge is 0.478 e. The van der Waals surface area contributed by atoms with Gasteiger partial charge in [-0.1, -0.05) is 12.1 Å². The zero-order valence-electron chi connectivity index (χ0n) is 10.2. The van der Waals surface area contributed by atoms with Crippen molar-refractivity contribution in [1.82, 2.24) is 4.90 Å². The van der Waals surface area contributed by atoms with Gasteiger partial charge in [-0.15, -0.1) is 0 Å². The third kappa shape index (κ3) is 3.07. The lowest BCUT2D eigenvalue weighted by atomic mass is 9.91. The first-order valence-corrected chi connectivity index (χ1v) is 6.18. The fourth-order valence-electron chi connectivity index (χ4n) is 2.50. The lowest BCUT2D eigenvalue weighted by molar-refractivity contribution is 0.0696. The Hall–Kier alpha value is -1.35. The number of carbonyl (C=O) groups is 1. The molecule has 17 heavy (non-hydrogen) atoms. The van der Waals surface area contributed by atoms with Crippen molar-refractivity contribution < 1.29 is 9.90 Å². The number of nitrogens with zero attached hydrogens (tertiary/aromatic N) is 1. The molecule has 0 aliphatic carbocycles. The fourth-order valence-corrected chi connectivity index (χ4v) is 2.50. The van der Waals surface area contributed by atoms with E-state index in [0.29, 0.717) is 11.5 Å². The van der Waals surface area contributed by atoms with Crippen molar-refractivity contribution in [3.63, 3.8) is 0 Å². The van der Waals surface area contributed by atoms with Crippen LogP contribution in [0.5, 0.6) is 0 Å². The average molecular weight is 233 g/mol. The van der Waals surface area contributed by atoms with Gasteiger partial charge in [-0.2, -0.15) is 0 Å². The van der Waals surface area contributed by atoms with Crippen molar-refractivity contribution in [3.05, 3.63) is 35.4 Å². The molecule has 0 spiro atoms. The van der Waals surface area contributed by atoms with E-state index in [1.165, 1.54) is 12.0 Å².